The number of hydrogen-bond donors (Lipinski definition) is 1. The van der Waals surface area contributed by atoms with Crippen molar-refractivity contribution < 1.29 is 19.1 Å². The van der Waals surface area contributed by atoms with Crippen LogP contribution in [-0.2, 0) is 14.4 Å². The second-order valence-electron chi connectivity index (χ2n) is 7.17. The zero-order valence-corrected chi connectivity index (χ0v) is 14.8. The van der Waals surface area contributed by atoms with Gasteiger partial charge < -0.3 is 10.1 Å². The molecule has 0 unspecified atom stereocenters. The molecule has 0 aromatic heterocycles. The molecule has 6 nitrogen and oxygen atoms in total. The van der Waals surface area contributed by atoms with Gasteiger partial charge in [-0.2, -0.15) is 0 Å². The summed E-state index contributed by atoms with van der Waals surface area (Å²) in [4.78, 5) is 39.3. The maximum Gasteiger partial charge on any atom is 0.247 e. The van der Waals surface area contributed by atoms with Crippen LogP contribution in [0.25, 0.3) is 0 Å². The van der Waals surface area contributed by atoms with Crippen LogP contribution in [0.1, 0.15) is 20.3 Å². The van der Waals surface area contributed by atoms with E-state index in [-0.39, 0.29) is 41.4 Å². The number of imide groups is 1. The molecule has 1 aromatic carbocycles. The second kappa shape index (κ2) is 6.27. The Morgan fingerprint density at radius 3 is 2.27 bits per heavy atom. The van der Waals surface area contributed by atoms with Crippen LogP contribution in [0.3, 0.4) is 0 Å². The SMILES string of the molecule is CCOc1ccc(NC(=O)[C@H](C)N2C(=O)[C@@H]3[C@@H](C2=O)[C@H]2C=C[C@H]3C2)cc1. The number of carbonyl (C=O) groups is 3. The Morgan fingerprint density at radius 2 is 1.73 bits per heavy atom. The van der Waals surface area contributed by atoms with Crippen molar-refractivity contribution >= 4 is 23.4 Å². The molecule has 0 spiro atoms. The standard InChI is InChI=1S/C20H22N2O4/c1-3-26-15-8-6-14(7-9-15)21-18(23)11(2)22-19(24)16-12-4-5-13(10-12)17(16)20(22)25/h4-9,11-13,16-17H,3,10H2,1-2H3,(H,21,23)/t11-,12-,13-,16-,17-/m0/s1. The third kappa shape index (κ3) is 2.52. The van der Waals surface area contributed by atoms with E-state index in [9.17, 15) is 14.4 Å². The van der Waals surface area contributed by atoms with Crippen molar-refractivity contribution in [2.45, 2.75) is 26.3 Å². The van der Waals surface area contributed by atoms with Gasteiger partial charge in [-0.25, -0.2) is 0 Å². The van der Waals surface area contributed by atoms with Crippen molar-refractivity contribution in [1.82, 2.24) is 4.90 Å². The molecule has 1 aromatic rings. The Morgan fingerprint density at radius 1 is 1.15 bits per heavy atom. The zero-order chi connectivity index (χ0) is 18.4. The lowest BCUT2D eigenvalue weighted by Crippen LogP contribution is -2.46. The van der Waals surface area contributed by atoms with E-state index in [1.165, 1.54) is 4.90 Å². The average Bonchev–Trinajstić information content (AvgIpc) is 3.30. The summed E-state index contributed by atoms with van der Waals surface area (Å²) in [6.07, 6.45) is 4.98. The minimum atomic E-state index is -0.827. The summed E-state index contributed by atoms with van der Waals surface area (Å²) < 4.78 is 5.37. The fourth-order valence-electron chi connectivity index (χ4n) is 4.47. The first-order valence-electron chi connectivity index (χ1n) is 9.10. The van der Waals surface area contributed by atoms with E-state index in [0.717, 1.165) is 12.2 Å². The minimum absolute atomic E-state index is 0.146. The summed E-state index contributed by atoms with van der Waals surface area (Å²) in [5.74, 6) is -0.315. The molecule has 2 fully saturated rings. The van der Waals surface area contributed by atoms with Crippen LogP contribution < -0.4 is 10.1 Å². The molecule has 6 heteroatoms. The third-order valence-electron chi connectivity index (χ3n) is 5.70. The topological polar surface area (TPSA) is 75.7 Å². The van der Waals surface area contributed by atoms with E-state index in [0.29, 0.717) is 12.3 Å². The Bertz CT molecular complexity index is 756. The summed E-state index contributed by atoms with van der Waals surface area (Å²) >= 11 is 0. The number of anilines is 1. The van der Waals surface area contributed by atoms with Gasteiger partial charge in [0.2, 0.25) is 17.7 Å². The highest BCUT2D eigenvalue weighted by atomic mass is 16.5. The van der Waals surface area contributed by atoms with E-state index in [1.807, 2.05) is 19.1 Å². The average molecular weight is 354 g/mol. The van der Waals surface area contributed by atoms with E-state index < -0.39 is 6.04 Å². The molecule has 1 saturated heterocycles. The monoisotopic (exact) mass is 354 g/mol. The quantitative estimate of drug-likeness (QED) is 0.650. The Balaban J connectivity index is 1.46. The van der Waals surface area contributed by atoms with E-state index >= 15 is 0 Å². The fourth-order valence-corrected chi connectivity index (χ4v) is 4.47. The number of fused-ring (bicyclic) bond motifs is 5. The number of benzene rings is 1. The first-order valence-corrected chi connectivity index (χ1v) is 9.10. The van der Waals surface area contributed by atoms with Gasteiger partial charge in [-0.05, 0) is 56.4 Å². The lowest BCUT2D eigenvalue weighted by molar-refractivity contribution is -0.146. The molecule has 3 aliphatic rings. The maximum absolute atomic E-state index is 12.8. The lowest BCUT2D eigenvalue weighted by atomic mass is 9.85. The molecule has 2 bridgehead atoms. The van der Waals surface area contributed by atoms with Gasteiger partial charge in [-0.15, -0.1) is 0 Å². The number of rotatable bonds is 5. The van der Waals surface area contributed by atoms with E-state index in [2.05, 4.69) is 5.32 Å². The summed E-state index contributed by atoms with van der Waals surface area (Å²) in [7, 11) is 0. The molecule has 1 heterocycles. The van der Waals surface area contributed by atoms with Crippen LogP contribution in [0.5, 0.6) is 5.75 Å². The molecular weight excluding hydrogens is 332 g/mol. The number of ether oxygens (including phenoxy) is 1. The molecule has 3 amide bonds. The molecular formula is C20H22N2O4. The molecule has 2 aliphatic carbocycles. The van der Waals surface area contributed by atoms with Gasteiger partial charge >= 0.3 is 0 Å². The molecule has 136 valence electrons. The lowest BCUT2D eigenvalue weighted by Gasteiger charge is -2.23. The summed E-state index contributed by atoms with van der Waals surface area (Å²) in [5, 5.41) is 2.78. The van der Waals surface area contributed by atoms with Gasteiger partial charge in [-0.1, -0.05) is 12.2 Å². The zero-order valence-electron chi connectivity index (χ0n) is 14.8. The van der Waals surface area contributed by atoms with Crippen LogP contribution in [0.2, 0.25) is 0 Å². The van der Waals surface area contributed by atoms with Crippen molar-refractivity contribution in [3.05, 3.63) is 36.4 Å². The van der Waals surface area contributed by atoms with Crippen LogP contribution >= 0.6 is 0 Å². The van der Waals surface area contributed by atoms with Crippen molar-refractivity contribution in [3.63, 3.8) is 0 Å². The number of likely N-dealkylation sites (tertiary alicyclic amines) is 1. The number of amides is 3. The highest BCUT2D eigenvalue weighted by molar-refractivity contribution is 6.10. The van der Waals surface area contributed by atoms with Gasteiger partial charge in [0.05, 0.1) is 18.4 Å². The number of nitrogens with one attached hydrogen (secondary N) is 1. The van der Waals surface area contributed by atoms with Gasteiger partial charge in [-0.3, -0.25) is 19.3 Å². The molecule has 1 aliphatic heterocycles. The highest BCUT2D eigenvalue weighted by Gasteiger charge is 2.60. The maximum atomic E-state index is 12.8. The first kappa shape index (κ1) is 16.8. The van der Waals surface area contributed by atoms with Gasteiger partial charge in [0.15, 0.2) is 0 Å². The van der Waals surface area contributed by atoms with Crippen molar-refractivity contribution in [1.29, 1.82) is 0 Å². The highest BCUT2D eigenvalue weighted by Crippen LogP contribution is 2.52. The Labute approximate surface area is 152 Å². The van der Waals surface area contributed by atoms with Crippen LogP contribution in [0.4, 0.5) is 5.69 Å². The molecule has 26 heavy (non-hydrogen) atoms. The van der Waals surface area contributed by atoms with Gasteiger partial charge in [0.25, 0.3) is 0 Å². The Hall–Kier alpha value is -2.63. The van der Waals surface area contributed by atoms with Crippen LogP contribution in [0, 0.1) is 23.7 Å². The smallest absolute Gasteiger partial charge is 0.247 e. The van der Waals surface area contributed by atoms with Crippen molar-refractivity contribution in [3.8, 4) is 5.75 Å². The van der Waals surface area contributed by atoms with Crippen molar-refractivity contribution in [2.24, 2.45) is 23.7 Å². The molecule has 5 atom stereocenters. The van der Waals surface area contributed by atoms with Crippen LogP contribution in [-0.4, -0.2) is 35.3 Å². The minimum Gasteiger partial charge on any atom is -0.494 e. The summed E-state index contributed by atoms with van der Waals surface area (Å²) in [5.41, 5.74) is 0.603. The summed E-state index contributed by atoms with van der Waals surface area (Å²) in [6.45, 7) is 4.08. The third-order valence-corrected chi connectivity index (χ3v) is 5.70. The molecule has 1 saturated carbocycles. The second-order valence-corrected chi connectivity index (χ2v) is 7.17. The van der Waals surface area contributed by atoms with Gasteiger partial charge in [0, 0.05) is 5.69 Å². The van der Waals surface area contributed by atoms with Gasteiger partial charge in [0.1, 0.15) is 11.8 Å². The summed E-state index contributed by atoms with van der Waals surface area (Å²) in [6, 6.07) is 6.18. The number of allylic oxidation sites excluding steroid dienone is 2. The fraction of sp³-hybridized carbons (Fsp3) is 0.450. The van der Waals surface area contributed by atoms with Crippen LogP contribution in [0.15, 0.2) is 36.4 Å². The van der Waals surface area contributed by atoms with E-state index in [1.54, 1.807) is 31.2 Å². The van der Waals surface area contributed by atoms with E-state index in [4.69, 9.17) is 4.74 Å². The number of carbonyl (C=O) groups excluding carboxylic acids is 3. The van der Waals surface area contributed by atoms with Crippen molar-refractivity contribution in [2.75, 3.05) is 11.9 Å². The number of nitrogens with zero attached hydrogens (tertiary/aromatic N) is 1. The molecule has 4 rings (SSSR count). The normalized spacial score (nSPS) is 29.8. The number of hydrogen-bond acceptors (Lipinski definition) is 4. The first-order chi connectivity index (χ1) is 12.5. The largest absolute Gasteiger partial charge is 0.494 e. The molecule has 1 N–H and O–H groups in total. The molecule has 0 radical (unpaired) electrons. The predicted octanol–water partition coefficient (Wildman–Crippen LogP) is 2.22. The Kier molecular flexibility index (Phi) is 4.05. The predicted molar refractivity (Wildman–Crippen MR) is 95.3 cm³/mol.